The Morgan fingerprint density at radius 2 is 2.00 bits per heavy atom. The summed E-state index contributed by atoms with van der Waals surface area (Å²) >= 11 is 1.79. The van der Waals surface area contributed by atoms with Crippen molar-refractivity contribution in [2.45, 2.75) is 19.9 Å². The summed E-state index contributed by atoms with van der Waals surface area (Å²) in [4.78, 5) is 16.2. The highest BCUT2D eigenvalue weighted by atomic mass is 32.1. The lowest BCUT2D eigenvalue weighted by Gasteiger charge is -2.15. The van der Waals surface area contributed by atoms with E-state index < -0.39 is 0 Å². The average Bonchev–Trinajstić information content (AvgIpc) is 2.85. The van der Waals surface area contributed by atoms with Crippen molar-refractivity contribution in [1.29, 1.82) is 0 Å². The molecular formula is C16H20N2OS. The summed E-state index contributed by atoms with van der Waals surface area (Å²) < 4.78 is 0. The first kappa shape index (κ1) is 14.6. The van der Waals surface area contributed by atoms with E-state index in [2.05, 4.69) is 31.3 Å². The van der Waals surface area contributed by atoms with Crippen molar-refractivity contribution in [3.63, 3.8) is 0 Å². The molecule has 1 unspecified atom stereocenters. The predicted molar refractivity (Wildman–Crippen MR) is 85.6 cm³/mol. The van der Waals surface area contributed by atoms with Crippen molar-refractivity contribution in [2.75, 3.05) is 19.4 Å². The van der Waals surface area contributed by atoms with E-state index in [4.69, 9.17) is 0 Å². The van der Waals surface area contributed by atoms with Gasteiger partial charge in [-0.1, -0.05) is 6.07 Å². The minimum atomic E-state index is 0.0215. The zero-order valence-electron chi connectivity index (χ0n) is 12.3. The number of aryl methyl sites for hydroxylation is 1. The maximum absolute atomic E-state index is 12.0. The minimum absolute atomic E-state index is 0.0215. The molecule has 0 bridgehead atoms. The highest BCUT2D eigenvalue weighted by Gasteiger charge is 2.11. The van der Waals surface area contributed by atoms with E-state index in [0.29, 0.717) is 5.56 Å². The quantitative estimate of drug-likeness (QED) is 0.924. The zero-order valence-corrected chi connectivity index (χ0v) is 13.1. The SMILES string of the molecule is Cc1ccc(C(C)Nc2cccc(C(=O)N(C)C)c2)s1. The third kappa shape index (κ3) is 3.39. The fourth-order valence-electron chi connectivity index (χ4n) is 2.01. The molecule has 0 aliphatic rings. The van der Waals surface area contributed by atoms with Crippen LogP contribution < -0.4 is 5.32 Å². The maximum atomic E-state index is 12.0. The Labute approximate surface area is 124 Å². The van der Waals surface area contributed by atoms with Crippen molar-refractivity contribution in [1.82, 2.24) is 4.90 Å². The number of nitrogens with one attached hydrogen (secondary N) is 1. The fourth-order valence-corrected chi connectivity index (χ4v) is 2.89. The van der Waals surface area contributed by atoms with E-state index in [1.807, 2.05) is 24.3 Å². The first-order valence-corrected chi connectivity index (χ1v) is 7.43. The minimum Gasteiger partial charge on any atom is -0.378 e. The molecule has 1 atom stereocenters. The van der Waals surface area contributed by atoms with Crippen LogP contribution in [-0.4, -0.2) is 24.9 Å². The van der Waals surface area contributed by atoms with Crippen molar-refractivity contribution in [3.8, 4) is 0 Å². The Kier molecular flexibility index (Phi) is 4.45. The molecule has 0 saturated carbocycles. The molecule has 0 saturated heterocycles. The van der Waals surface area contributed by atoms with Gasteiger partial charge in [0.2, 0.25) is 0 Å². The molecule has 1 aromatic heterocycles. The normalized spacial score (nSPS) is 12.0. The standard InChI is InChI=1S/C16H20N2OS/c1-11-8-9-15(20-11)12(2)17-14-7-5-6-13(10-14)16(19)18(3)4/h5-10,12,17H,1-4H3. The molecule has 1 amide bonds. The number of anilines is 1. The molecule has 0 radical (unpaired) electrons. The summed E-state index contributed by atoms with van der Waals surface area (Å²) in [5.74, 6) is 0.0215. The van der Waals surface area contributed by atoms with Gasteiger partial charge in [-0.2, -0.15) is 0 Å². The Balaban J connectivity index is 2.14. The van der Waals surface area contributed by atoms with Crippen LogP contribution in [0.1, 0.15) is 33.1 Å². The smallest absolute Gasteiger partial charge is 0.253 e. The molecule has 20 heavy (non-hydrogen) atoms. The zero-order chi connectivity index (χ0) is 14.7. The molecule has 0 fully saturated rings. The number of benzene rings is 1. The lowest BCUT2D eigenvalue weighted by Crippen LogP contribution is -2.21. The molecule has 0 aliphatic heterocycles. The number of amides is 1. The fraction of sp³-hybridized carbons (Fsp3) is 0.312. The van der Waals surface area contributed by atoms with Crippen LogP contribution in [0.2, 0.25) is 0 Å². The summed E-state index contributed by atoms with van der Waals surface area (Å²) in [6, 6.07) is 12.1. The third-order valence-electron chi connectivity index (χ3n) is 3.09. The highest BCUT2D eigenvalue weighted by molar-refractivity contribution is 7.12. The Morgan fingerprint density at radius 3 is 2.60 bits per heavy atom. The van der Waals surface area contributed by atoms with Crippen LogP contribution in [0.5, 0.6) is 0 Å². The van der Waals surface area contributed by atoms with E-state index in [1.54, 1.807) is 30.3 Å². The largest absolute Gasteiger partial charge is 0.378 e. The molecule has 3 nitrogen and oxygen atoms in total. The molecule has 0 spiro atoms. The van der Waals surface area contributed by atoms with Gasteiger partial charge in [-0.25, -0.2) is 0 Å². The maximum Gasteiger partial charge on any atom is 0.253 e. The van der Waals surface area contributed by atoms with E-state index in [1.165, 1.54) is 9.75 Å². The summed E-state index contributed by atoms with van der Waals surface area (Å²) in [5.41, 5.74) is 1.67. The number of hydrogen-bond acceptors (Lipinski definition) is 3. The van der Waals surface area contributed by atoms with E-state index in [0.717, 1.165) is 5.69 Å². The van der Waals surface area contributed by atoms with Crippen LogP contribution in [0.4, 0.5) is 5.69 Å². The van der Waals surface area contributed by atoms with Gasteiger partial charge in [-0.05, 0) is 44.2 Å². The van der Waals surface area contributed by atoms with Gasteiger partial charge in [0.05, 0.1) is 6.04 Å². The molecule has 4 heteroatoms. The van der Waals surface area contributed by atoms with Crippen LogP contribution in [-0.2, 0) is 0 Å². The van der Waals surface area contributed by atoms with Crippen LogP contribution in [0.3, 0.4) is 0 Å². The first-order valence-electron chi connectivity index (χ1n) is 6.62. The molecule has 0 aliphatic carbocycles. The van der Waals surface area contributed by atoms with Crippen molar-refractivity contribution >= 4 is 22.9 Å². The first-order chi connectivity index (χ1) is 9.47. The van der Waals surface area contributed by atoms with Crippen molar-refractivity contribution in [2.24, 2.45) is 0 Å². The Morgan fingerprint density at radius 1 is 1.25 bits per heavy atom. The van der Waals surface area contributed by atoms with E-state index in [-0.39, 0.29) is 11.9 Å². The lowest BCUT2D eigenvalue weighted by atomic mass is 10.1. The van der Waals surface area contributed by atoms with Crippen molar-refractivity contribution < 1.29 is 4.79 Å². The van der Waals surface area contributed by atoms with E-state index >= 15 is 0 Å². The highest BCUT2D eigenvalue weighted by Crippen LogP contribution is 2.26. The van der Waals surface area contributed by atoms with Crippen molar-refractivity contribution in [3.05, 3.63) is 51.7 Å². The average molecular weight is 288 g/mol. The lowest BCUT2D eigenvalue weighted by molar-refractivity contribution is 0.0827. The molecule has 2 rings (SSSR count). The number of carbonyl (C=O) groups is 1. The second kappa shape index (κ2) is 6.09. The topological polar surface area (TPSA) is 32.3 Å². The molecule has 1 heterocycles. The Bertz CT molecular complexity index is 604. The molecule has 1 aromatic carbocycles. The molecular weight excluding hydrogens is 268 g/mol. The molecule has 1 N–H and O–H groups in total. The van der Waals surface area contributed by atoms with Crippen LogP contribution in [0.25, 0.3) is 0 Å². The van der Waals surface area contributed by atoms with E-state index in [9.17, 15) is 4.79 Å². The van der Waals surface area contributed by atoms with Gasteiger partial charge < -0.3 is 10.2 Å². The van der Waals surface area contributed by atoms with Gasteiger partial charge in [0.15, 0.2) is 0 Å². The number of carbonyl (C=O) groups excluding carboxylic acids is 1. The van der Waals surface area contributed by atoms with Gasteiger partial charge in [-0.3, -0.25) is 4.79 Å². The summed E-state index contributed by atoms with van der Waals surface area (Å²) in [6.45, 7) is 4.24. The van der Waals surface area contributed by atoms with Gasteiger partial charge in [0.1, 0.15) is 0 Å². The Hall–Kier alpha value is -1.81. The summed E-state index contributed by atoms with van der Waals surface area (Å²) in [6.07, 6.45) is 0. The third-order valence-corrected chi connectivity index (χ3v) is 4.27. The van der Waals surface area contributed by atoms with Crippen LogP contribution in [0, 0.1) is 6.92 Å². The van der Waals surface area contributed by atoms with Gasteiger partial charge in [0, 0.05) is 35.1 Å². The number of thiophene rings is 1. The van der Waals surface area contributed by atoms with Gasteiger partial charge >= 0.3 is 0 Å². The van der Waals surface area contributed by atoms with Crippen LogP contribution >= 0.6 is 11.3 Å². The summed E-state index contributed by atoms with van der Waals surface area (Å²) in [7, 11) is 3.53. The molecule has 106 valence electrons. The number of nitrogens with zero attached hydrogens (tertiary/aromatic N) is 1. The van der Waals surface area contributed by atoms with Gasteiger partial charge in [-0.15, -0.1) is 11.3 Å². The number of hydrogen-bond donors (Lipinski definition) is 1. The second-order valence-electron chi connectivity index (χ2n) is 5.09. The predicted octanol–water partition coefficient (Wildman–Crippen LogP) is 3.93. The summed E-state index contributed by atoms with van der Waals surface area (Å²) in [5, 5.41) is 3.45. The molecule has 2 aromatic rings. The monoisotopic (exact) mass is 288 g/mol. The second-order valence-corrected chi connectivity index (χ2v) is 6.41. The van der Waals surface area contributed by atoms with Crippen LogP contribution in [0.15, 0.2) is 36.4 Å². The number of rotatable bonds is 4. The van der Waals surface area contributed by atoms with Gasteiger partial charge in [0.25, 0.3) is 5.91 Å².